The Morgan fingerprint density at radius 3 is 2.86 bits per heavy atom. The van der Waals surface area contributed by atoms with Crippen molar-refractivity contribution >= 4 is 17.6 Å². The van der Waals surface area contributed by atoms with Crippen LogP contribution in [0, 0.1) is 0 Å². The maximum Gasteiger partial charge on any atom is 0.320 e. The van der Waals surface area contributed by atoms with Gasteiger partial charge in [0, 0.05) is 25.2 Å². The number of nitrogens with zero attached hydrogens (tertiary/aromatic N) is 2. The highest BCUT2D eigenvalue weighted by Crippen LogP contribution is 2.28. The van der Waals surface area contributed by atoms with Crippen LogP contribution in [-0.4, -0.2) is 47.6 Å². The Balaban J connectivity index is 1.59. The number of anilines is 1. The summed E-state index contributed by atoms with van der Waals surface area (Å²) in [6.45, 7) is 2.05. The molecule has 0 bridgehead atoms. The Morgan fingerprint density at radius 1 is 1.24 bits per heavy atom. The molecule has 3 rings (SSSR count). The zero-order chi connectivity index (χ0) is 14.8. The van der Waals surface area contributed by atoms with E-state index in [1.165, 1.54) is 5.56 Å². The fraction of sp³-hybridized carbons (Fsp3) is 0.500. The van der Waals surface area contributed by atoms with Crippen molar-refractivity contribution in [3.63, 3.8) is 0 Å². The van der Waals surface area contributed by atoms with Gasteiger partial charge in [-0.3, -0.25) is 14.5 Å². The first-order valence-electron chi connectivity index (χ1n) is 7.52. The molecule has 1 N–H and O–H groups in total. The van der Waals surface area contributed by atoms with Crippen molar-refractivity contribution < 1.29 is 14.7 Å². The lowest BCUT2D eigenvalue weighted by Crippen LogP contribution is -2.39. The normalized spacial score (nSPS) is 21.5. The van der Waals surface area contributed by atoms with E-state index >= 15 is 0 Å². The Morgan fingerprint density at radius 2 is 2.05 bits per heavy atom. The van der Waals surface area contributed by atoms with Gasteiger partial charge in [-0.2, -0.15) is 0 Å². The second-order valence-corrected chi connectivity index (χ2v) is 5.71. The number of amides is 1. The zero-order valence-corrected chi connectivity index (χ0v) is 12.0. The maximum atomic E-state index is 12.4. The quantitative estimate of drug-likeness (QED) is 0.912. The van der Waals surface area contributed by atoms with Gasteiger partial charge in [0.15, 0.2) is 0 Å². The van der Waals surface area contributed by atoms with Crippen LogP contribution in [0.15, 0.2) is 24.3 Å². The minimum absolute atomic E-state index is 0.0935. The minimum atomic E-state index is -0.772. The Hall–Kier alpha value is -1.88. The van der Waals surface area contributed by atoms with Crippen LogP contribution in [0.4, 0.5) is 5.69 Å². The van der Waals surface area contributed by atoms with E-state index < -0.39 is 12.0 Å². The van der Waals surface area contributed by atoms with E-state index in [1.807, 2.05) is 28.0 Å². The number of carboxylic acid groups (broad SMARTS) is 1. The van der Waals surface area contributed by atoms with E-state index in [4.69, 9.17) is 5.11 Å². The summed E-state index contributed by atoms with van der Waals surface area (Å²) in [6.07, 6.45) is 2.88. The maximum absolute atomic E-state index is 12.4. The van der Waals surface area contributed by atoms with Gasteiger partial charge >= 0.3 is 5.97 Å². The number of benzene rings is 1. The minimum Gasteiger partial charge on any atom is -0.480 e. The summed E-state index contributed by atoms with van der Waals surface area (Å²) in [5, 5.41) is 9.15. The largest absolute Gasteiger partial charge is 0.480 e. The molecular weight excluding hydrogens is 268 g/mol. The molecule has 1 aromatic carbocycles. The van der Waals surface area contributed by atoms with Gasteiger partial charge in [0.2, 0.25) is 5.91 Å². The van der Waals surface area contributed by atoms with Gasteiger partial charge in [-0.15, -0.1) is 0 Å². The van der Waals surface area contributed by atoms with Crippen molar-refractivity contribution in [3.8, 4) is 0 Å². The van der Waals surface area contributed by atoms with Crippen molar-refractivity contribution in [1.82, 2.24) is 4.90 Å². The number of aliphatic carboxylic acids is 1. The number of fused-ring (bicyclic) bond motifs is 1. The molecule has 1 unspecified atom stereocenters. The highest BCUT2D eigenvalue weighted by molar-refractivity contribution is 5.95. The molecule has 5 nitrogen and oxygen atoms in total. The second kappa shape index (κ2) is 5.85. The highest BCUT2D eigenvalue weighted by Gasteiger charge is 2.31. The number of carbonyl (C=O) groups is 2. The number of hydrogen-bond donors (Lipinski definition) is 1. The highest BCUT2D eigenvalue weighted by atomic mass is 16.4. The number of hydrogen-bond acceptors (Lipinski definition) is 3. The van der Waals surface area contributed by atoms with Crippen LogP contribution in [0.5, 0.6) is 0 Å². The molecule has 5 heteroatoms. The fourth-order valence-corrected chi connectivity index (χ4v) is 3.34. The summed E-state index contributed by atoms with van der Waals surface area (Å²) >= 11 is 0. The van der Waals surface area contributed by atoms with Crippen LogP contribution in [0.3, 0.4) is 0 Å². The van der Waals surface area contributed by atoms with Gasteiger partial charge in [-0.25, -0.2) is 0 Å². The van der Waals surface area contributed by atoms with Gasteiger partial charge in [-0.05, 0) is 37.4 Å². The SMILES string of the molecule is O=C(O)C1CCCN1CCC(=O)N1CCc2ccccc21. The lowest BCUT2D eigenvalue weighted by atomic mass is 10.2. The molecule has 0 spiro atoms. The topological polar surface area (TPSA) is 60.9 Å². The molecule has 112 valence electrons. The number of para-hydroxylation sites is 1. The Bertz CT molecular complexity index is 558. The molecule has 2 aliphatic heterocycles. The first kappa shape index (κ1) is 14.1. The molecule has 0 aliphatic carbocycles. The van der Waals surface area contributed by atoms with E-state index in [-0.39, 0.29) is 5.91 Å². The summed E-state index contributed by atoms with van der Waals surface area (Å²) in [6, 6.07) is 7.57. The van der Waals surface area contributed by atoms with Gasteiger partial charge in [-0.1, -0.05) is 18.2 Å². The number of likely N-dealkylation sites (tertiary alicyclic amines) is 1. The Labute approximate surface area is 124 Å². The average molecular weight is 288 g/mol. The third kappa shape index (κ3) is 2.78. The first-order chi connectivity index (χ1) is 10.2. The molecule has 1 atom stereocenters. The summed E-state index contributed by atoms with van der Waals surface area (Å²) in [4.78, 5) is 27.3. The standard InChI is InChI=1S/C16H20N2O3/c19-15(8-10-17-9-3-6-14(17)16(20)21)18-11-7-12-4-1-2-5-13(12)18/h1-2,4-5,14H,3,6-11H2,(H,20,21). The van der Waals surface area contributed by atoms with Crippen molar-refractivity contribution in [2.24, 2.45) is 0 Å². The molecule has 1 saturated heterocycles. The Kier molecular flexibility index (Phi) is 3.92. The van der Waals surface area contributed by atoms with Crippen LogP contribution < -0.4 is 4.90 Å². The van der Waals surface area contributed by atoms with Crippen LogP contribution >= 0.6 is 0 Å². The van der Waals surface area contributed by atoms with Crippen molar-refractivity contribution in [1.29, 1.82) is 0 Å². The molecule has 0 aromatic heterocycles. The van der Waals surface area contributed by atoms with Gasteiger partial charge in [0.25, 0.3) is 0 Å². The summed E-state index contributed by atoms with van der Waals surface area (Å²) in [7, 11) is 0. The summed E-state index contributed by atoms with van der Waals surface area (Å²) in [5.41, 5.74) is 2.23. The van der Waals surface area contributed by atoms with Crippen molar-refractivity contribution in [2.75, 3.05) is 24.5 Å². The van der Waals surface area contributed by atoms with Gasteiger partial charge in [0.05, 0.1) is 0 Å². The predicted octanol–water partition coefficient (Wildman–Crippen LogP) is 1.51. The third-order valence-corrected chi connectivity index (χ3v) is 4.45. The molecule has 1 aromatic rings. The molecule has 1 amide bonds. The predicted molar refractivity (Wildman–Crippen MR) is 79.3 cm³/mol. The first-order valence-corrected chi connectivity index (χ1v) is 7.52. The van der Waals surface area contributed by atoms with Crippen molar-refractivity contribution in [2.45, 2.75) is 31.7 Å². The second-order valence-electron chi connectivity index (χ2n) is 5.71. The fourth-order valence-electron chi connectivity index (χ4n) is 3.34. The molecular formula is C16H20N2O3. The van der Waals surface area contributed by atoms with Gasteiger partial charge in [0.1, 0.15) is 6.04 Å². The molecule has 2 heterocycles. The van der Waals surface area contributed by atoms with E-state index in [0.717, 1.165) is 31.6 Å². The van der Waals surface area contributed by atoms with E-state index in [0.29, 0.717) is 19.4 Å². The van der Waals surface area contributed by atoms with Gasteiger partial charge < -0.3 is 10.0 Å². The number of carboxylic acids is 1. The van der Waals surface area contributed by atoms with Crippen LogP contribution in [0.1, 0.15) is 24.8 Å². The zero-order valence-electron chi connectivity index (χ0n) is 12.0. The van der Waals surface area contributed by atoms with E-state index in [9.17, 15) is 9.59 Å². The summed E-state index contributed by atoms with van der Waals surface area (Å²) < 4.78 is 0. The molecule has 0 radical (unpaired) electrons. The van der Waals surface area contributed by atoms with Crippen LogP contribution in [-0.2, 0) is 16.0 Å². The molecule has 1 fully saturated rings. The average Bonchev–Trinajstić information content (AvgIpc) is 3.11. The molecule has 0 saturated carbocycles. The summed E-state index contributed by atoms with van der Waals surface area (Å²) in [5.74, 6) is -0.678. The van der Waals surface area contributed by atoms with E-state index in [2.05, 4.69) is 6.07 Å². The van der Waals surface area contributed by atoms with Crippen molar-refractivity contribution in [3.05, 3.63) is 29.8 Å². The molecule has 21 heavy (non-hydrogen) atoms. The van der Waals surface area contributed by atoms with Crippen LogP contribution in [0.2, 0.25) is 0 Å². The lowest BCUT2D eigenvalue weighted by Gasteiger charge is -2.23. The third-order valence-electron chi connectivity index (χ3n) is 4.45. The monoisotopic (exact) mass is 288 g/mol. The smallest absolute Gasteiger partial charge is 0.320 e. The molecule has 2 aliphatic rings. The van der Waals surface area contributed by atoms with E-state index in [1.54, 1.807) is 0 Å². The number of carbonyl (C=O) groups excluding carboxylic acids is 1. The van der Waals surface area contributed by atoms with Crippen LogP contribution in [0.25, 0.3) is 0 Å². The lowest BCUT2D eigenvalue weighted by molar-refractivity contribution is -0.142. The number of rotatable bonds is 4.